The molecule has 0 bridgehead atoms. The molecule has 2 unspecified atom stereocenters. The smallest absolute Gasteiger partial charge is 0.341 e. The van der Waals surface area contributed by atoms with Crippen LogP contribution in [0.15, 0.2) is 0 Å². The molecule has 2 fully saturated rings. The van der Waals surface area contributed by atoms with Crippen LogP contribution in [0.25, 0.3) is 0 Å². The molecular weight excluding hydrogens is 212 g/mol. The number of amides is 1. The van der Waals surface area contributed by atoms with E-state index in [1.807, 2.05) is 6.92 Å². The van der Waals surface area contributed by atoms with Gasteiger partial charge in [0.25, 0.3) is 0 Å². The Bertz CT molecular complexity index is 327. The quantitative estimate of drug-likeness (QED) is 0.630. The van der Waals surface area contributed by atoms with E-state index in [1.165, 1.54) is 7.05 Å². The lowest BCUT2D eigenvalue weighted by Crippen LogP contribution is -2.45. The molecule has 1 saturated heterocycles. The van der Waals surface area contributed by atoms with Crippen LogP contribution in [-0.2, 0) is 14.4 Å². The fourth-order valence-electron chi connectivity index (χ4n) is 1.88. The predicted octanol–water partition coefficient (Wildman–Crippen LogP) is -0.617. The molecule has 6 nitrogen and oxygen atoms in total. The van der Waals surface area contributed by atoms with Gasteiger partial charge in [-0.1, -0.05) is 6.92 Å². The Hall–Kier alpha value is -1.14. The summed E-state index contributed by atoms with van der Waals surface area (Å²) in [5.41, 5.74) is -0.155. The van der Waals surface area contributed by atoms with Gasteiger partial charge in [0, 0.05) is 12.6 Å². The highest BCUT2D eigenvalue weighted by Crippen LogP contribution is 2.38. The van der Waals surface area contributed by atoms with Crippen molar-refractivity contribution in [3.05, 3.63) is 0 Å². The Labute approximate surface area is 93.5 Å². The van der Waals surface area contributed by atoms with E-state index in [9.17, 15) is 14.7 Å². The Morgan fingerprint density at radius 1 is 1.69 bits per heavy atom. The number of aliphatic hydroxyl groups is 1. The van der Waals surface area contributed by atoms with Gasteiger partial charge < -0.3 is 15.3 Å². The summed E-state index contributed by atoms with van der Waals surface area (Å²) in [6, 6.07) is 0. The topological polar surface area (TPSA) is 78.9 Å². The van der Waals surface area contributed by atoms with Crippen molar-refractivity contribution in [2.24, 2.45) is 5.92 Å². The van der Waals surface area contributed by atoms with Gasteiger partial charge in [0.1, 0.15) is 0 Å². The summed E-state index contributed by atoms with van der Waals surface area (Å²) >= 11 is 0. The molecule has 1 heterocycles. The van der Waals surface area contributed by atoms with Gasteiger partial charge >= 0.3 is 5.97 Å². The van der Waals surface area contributed by atoms with Crippen molar-refractivity contribution in [3.8, 4) is 0 Å². The van der Waals surface area contributed by atoms with Gasteiger partial charge in [-0.25, -0.2) is 4.79 Å². The van der Waals surface area contributed by atoms with Crippen molar-refractivity contribution >= 4 is 11.9 Å². The maximum atomic E-state index is 11.8. The molecule has 90 valence electrons. The molecule has 0 spiro atoms. The van der Waals surface area contributed by atoms with E-state index in [0.29, 0.717) is 0 Å². The van der Waals surface area contributed by atoms with Crippen LogP contribution in [0.1, 0.15) is 26.2 Å². The van der Waals surface area contributed by atoms with Crippen LogP contribution in [0.4, 0.5) is 0 Å². The normalized spacial score (nSPS) is 32.3. The fraction of sp³-hybridized carbons (Fsp3) is 0.800. The highest BCUT2D eigenvalue weighted by molar-refractivity contribution is 5.99. The molecule has 1 amide bonds. The molecular formula is C10H16N2O4. The minimum absolute atomic E-state index is 0.155. The van der Waals surface area contributed by atoms with Crippen LogP contribution in [0.5, 0.6) is 0 Å². The monoisotopic (exact) mass is 228 g/mol. The number of hydrogen-bond acceptors (Lipinski definition) is 5. The van der Waals surface area contributed by atoms with Crippen LogP contribution in [0.2, 0.25) is 0 Å². The second-order valence-electron chi connectivity index (χ2n) is 4.47. The van der Waals surface area contributed by atoms with E-state index in [1.54, 1.807) is 0 Å². The van der Waals surface area contributed by atoms with E-state index in [-0.39, 0.29) is 5.54 Å². The first-order valence-electron chi connectivity index (χ1n) is 5.44. The van der Waals surface area contributed by atoms with Gasteiger partial charge in [-0.15, -0.1) is 5.06 Å². The number of hydrogen-bond donors (Lipinski definition) is 2. The average Bonchev–Trinajstić information content (AvgIpc) is 2.92. The number of aliphatic hydroxyl groups excluding tert-OH is 1. The van der Waals surface area contributed by atoms with Crippen molar-refractivity contribution in [3.63, 3.8) is 0 Å². The van der Waals surface area contributed by atoms with Gasteiger partial charge in [-0.2, -0.15) is 0 Å². The summed E-state index contributed by atoms with van der Waals surface area (Å²) in [4.78, 5) is 27.8. The zero-order valence-electron chi connectivity index (χ0n) is 9.40. The molecule has 0 aromatic rings. The summed E-state index contributed by atoms with van der Waals surface area (Å²) in [6.45, 7) is 1.99. The molecule has 16 heavy (non-hydrogen) atoms. The van der Waals surface area contributed by atoms with Crippen molar-refractivity contribution in [1.82, 2.24) is 10.4 Å². The highest BCUT2D eigenvalue weighted by Gasteiger charge is 2.50. The van der Waals surface area contributed by atoms with Gasteiger partial charge in [0.2, 0.25) is 5.91 Å². The Balaban J connectivity index is 2.02. The van der Waals surface area contributed by atoms with Crippen LogP contribution in [-0.4, -0.2) is 40.9 Å². The minimum Gasteiger partial charge on any atom is -0.374 e. The first kappa shape index (κ1) is 11.3. The number of carbonyl (C=O) groups excluding carboxylic acids is 2. The third kappa shape index (κ3) is 1.78. The SMILES string of the molecule is CCC1(NC(=O)C2C(=O)ON(C)C2O)CC1. The average molecular weight is 228 g/mol. The molecule has 1 saturated carbocycles. The highest BCUT2D eigenvalue weighted by atomic mass is 16.7. The number of hydroxylamine groups is 2. The van der Waals surface area contributed by atoms with E-state index >= 15 is 0 Å². The van der Waals surface area contributed by atoms with Crippen LogP contribution in [0.3, 0.4) is 0 Å². The van der Waals surface area contributed by atoms with E-state index in [0.717, 1.165) is 24.3 Å². The fourth-order valence-corrected chi connectivity index (χ4v) is 1.88. The lowest BCUT2D eigenvalue weighted by atomic mass is 10.1. The summed E-state index contributed by atoms with van der Waals surface area (Å²) in [5.74, 6) is -2.27. The summed E-state index contributed by atoms with van der Waals surface area (Å²) in [6.07, 6.45) is 1.51. The zero-order valence-corrected chi connectivity index (χ0v) is 9.40. The largest absolute Gasteiger partial charge is 0.374 e. The molecule has 6 heteroatoms. The molecule has 1 aliphatic heterocycles. The van der Waals surface area contributed by atoms with Crippen LogP contribution >= 0.6 is 0 Å². The molecule has 1 aliphatic carbocycles. The van der Waals surface area contributed by atoms with Gasteiger partial charge in [-0.05, 0) is 19.3 Å². The van der Waals surface area contributed by atoms with E-state index < -0.39 is 24.0 Å². The minimum atomic E-state index is -1.19. The molecule has 0 radical (unpaired) electrons. The summed E-state index contributed by atoms with van der Waals surface area (Å²) in [7, 11) is 1.42. The third-order valence-electron chi connectivity index (χ3n) is 3.36. The van der Waals surface area contributed by atoms with Gasteiger partial charge in [0.15, 0.2) is 12.1 Å². The molecule has 2 aliphatic rings. The molecule has 2 atom stereocenters. The van der Waals surface area contributed by atoms with Crippen molar-refractivity contribution in [2.75, 3.05) is 7.05 Å². The first-order valence-corrected chi connectivity index (χ1v) is 5.44. The van der Waals surface area contributed by atoms with E-state index in [2.05, 4.69) is 10.2 Å². The maximum Gasteiger partial charge on any atom is 0.341 e. The lowest BCUT2D eigenvalue weighted by molar-refractivity contribution is -0.183. The predicted molar refractivity (Wildman–Crippen MR) is 53.8 cm³/mol. The lowest BCUT2D eigenvalue weighted by Gasteiger charge is -2.18. The molecule has 2 rings (SSSR count). The van der Waals surface area contributed by atoms with Crippen molar-refractivity contribution < 1.29 is 19.5 Å². The number of rotatable bonds is 3. The molecule has 0 aromatic heterocycles. The summed E-state index contributed by atoms with van der Waals surface area (Å²) in [5, 5.41) is 13.4. The maximum absolute atomic E-state index is 11.8. The molecule has 0 aromatic carbocycles. The van der Waals surface area contributed by atoms with Gasteiger partial charge in [0.05, 0.1) is 0 Å². The van der Waals surface area contributed by atoms with Crippen molar-refractivity contribution in [2.45, 2.75) is 38.0 Å². The number of carbonyl (C=O) groups is 2. The Kier molecular flexibility index (Phi) is 2.63. The standard InChI is InChI=1S/C10H16N2O4/c1-3-10(4-5-10)11-7(13)6-8(14)12(2)16-9(6)15/h6,8,14H,3-5H2,1-2H3,(H,11,13). The van der Waals surface area contributed by atoms with Crippen molar-refractivity contribution in [1.29, 1.82) is 0 Å². The zero-order chi connectivity index (χ0) is 11.9. The first-order chi connectivity index (χ1) is 7.49. The Morgan fingerprint density at radius 2 is 2.31 bits per heavy atom. The van der Waals surface area contributed by atoms with E-state index in [4.69, 9.17) is 0 Å². The summed E-state index contributed by atoms with van der Waals surface area (Å²) < 4.78 is 0. The van der Waals surface area contributed by atoms with Crippen LogP contribution < -0.4 is 5.32 Å². The molecule has 2 N–H and O–H groups in total. The second kappa shape index (κ2) is 3.71. The number of nitrogens with zero attached hydrogens (tertiary/aromatic N) is 1. The number of nitrogens with one attached hydrogen (secondary N) is 1. The van der Waals surface area contributed by atoms with Gasteiger partial charge in [-0.3, -0.25) is 4.79 Å². The van der Waals surface area contributed by atoms with Crippen LogP contribution in [0, 0.1) is 5.92 Å². The second-order valence-corrected chi connectivity index (χ2v) is 4.47. The third-order valence-corrected chi connectivity index (χ3v) is 3.36. The Morgan fingerprint density at radius 3 is 2.69 bits per heavy atom.